The van der Waals surface area contributed by atoms with E-state index in [0.29, 0.717) is 0 Å². The highest BCUT2D eigenvalue weighted by atomic mass is 16.5. The van der Waals surface area contributed by atoms with Gasteiger partial charge < -0.3 is 14.4 Å². The van der Waals surface area contributed by atoms with Crippen molar-refractivity contribution in [3.05, 3.63) is 18.0 Å². The lowest BCUT2D eigenvalue weighted by atomic mass is 10.2. The summed E-state index contributed by atoms with van der Waals surface area (Å²) in [5.41, 5.74) is 0. The molecule has 0 amide bonds. The molecule has 1 aromatic rings. The zero-order chi connectivity index (χ0) is 10.7. The number of ether oxygens (including phenoxy) is 1. The van der Waals surface area contributed by atoms with Crippen molar-refractivity contribution in [1.82, 2.24) is 10.1 Å². The minimum atomic E-state index is -0.0864. The Morgan fingerprint density at radius 3 is 3.13 bits per heavy atom. The first-order chi connectivity index (χ1) is 7.28. The number of aliphatic hydroxyl groups is 1. The van der Waals surface area contributed by atoms with Crippen molar-refractivity contribution in [1.29, 1.82) is 0 Å². The van der Waals surface area contributed by atoms with Gasteiger partial charge in [0.15, 0.2) is 5.76 Å². The van der Waals surface area contributed by atoms with E-state index in [0.717, 1.165) is 25.4 Å². The molecule has 2 rings (SSSR count). The monoisotopic (exact) mass is 212 g/mol. The molecule has 2 heterocycles. The molecule has 0 radical (unpaired) electrons. The number of aliphatic hydroxyl groups excluding tert-OH is 1. The van der Waals surface area contributed by atoms with Crippen LogP contribution in [-0.2, 0) is 11.3 Å². The average molecular weight is 212 g/mol. The van der Waals surface area contributed by atoms with Gasteiger partial charge >= 0.3 is 0 Å². The number of morpholine rings is 1. The molecular formula is C10H16N2O3. The Balaban J connectivity index is 1.91. The summed E-state index contributed by atoms with van der Waals surface area (Å²) >= 11 is 0. The second-order valence-corrected chi connectivity index (χ2v) is 3.92. The lowest BCUT2D eigenvalue weighted by Crippen LogP contribution is -2.47. The van der Waals surface area contributed by atoms with Gasteiger partial charge in [-0.2, -0.15) is 0 Å². The van der Waals surface area contributed by atoms with E-state index in [1.807, 2.05) is 13.0 Å². The third-order valence-electron chi connectivity index (χ3n) is 2.48. The predicted octanol–water partition coefficient (Wildman–Crippen LogP) is 0.256. The first-order valence-corrected chi connectivity index (χ1v) is 5.16. The summed E-state index contributed by atoms with van der Waals surface area (Å²) in [6.07, 6.45) is 1.71. The van der Waals surface area contributed by atoms with E-state index >= 15 is 0 Å². The van der Waals surface area contributed by atoms with Gasteiger partial charge in [0.25, 0.3) is 0 Å². The van der Waals surface area contributed by atoms with E-state index in [-0.39, 0.29) is 18.8 Å². The van der Waals surface area contributed by atoms with Gasteiger partial charge in [-0.05, 0) is 6.92 Å². The van der Waals surface area contributed by atoms with Crippen LogP contribution in [0.5, 0.6) is 0 Å². The van der Waals surface area contributed by atoms with Gasteiger partial charge in [-0.15, -0.1) is 0 Å². The Hall–Kier alpha value is -0.910. The molecule has 1 saturated heterocycles. The summed E-state index contributed by atoms with van der Waals surface area (Å²) in [7, 11) is 0. The van der Waals surface area contributed by atoms with Gasteiger partial charge in [-0.25, -0.2) is 0 Å². The van der Waals surface area contributed by atoms with Crippen molar-refractivity contribution >= 4 is 0 Å². The average Bonchev–Trinajstić information content (AvgIpc) is 2.69. The van der Waals surface area contributed by atoms with Crippen molar-refractivity contribution in [3.63, 3.8) is 0 Å². The Labute approximate surface area is 88.6 Å². The molecule has 84 valence electrons. The first kappa shape index (κ1) is 10.6. The van der Waals surface area contributed by atoms with Crippen molar-refractivity contribution in [2.24, 2.45) is 0 Å². The maximum atomic E-state index is 9.07. The maximum absolute atomic E-state index is 9.07. The summed E-state index contributed by atoms with van der Waals surface area (Å²) in [4.78, 5) is 2.20. The molecule has 0 bridgehead atoms. The molecule has 1 N–H and O–H groups in total. The highest BCUT2D eigenvalue weighted by Gasteiger charge is 2.25. The van der Waals surface area contributed by atoms with E-state index in [1.54, 1.807) is 6.20 Å². The largest absolute Gasteiger partial charge is 0.394 e. The molecular weight excluding hydrogens is 196 g/mol. The lowest BCUT2D eigenvalue weighted by Gasteiger charge is -2.35. The fourth-order valence-electron chi connectivity index (χ4n) is 1.91. The predicted molar refractivity (Wildman–Crippen MR) is 53.2 cm³/mol. The standard InChI is InChI=1S/C10H16N2O3/c1-8-4-12(6-10(7-13)14-8)5-9-2-3-11-15-9/h2-3,8,10,13H,4-7H2,1H3. The van der Waals surface area contributed by atoms with Crippen molar-refractivity contribution in [2.45, 2.75) is 25.7 Å². The molecule has 0 aliphatic carbocycles. The SMILES string of the molecule is CC1CN(Cc2ccno2)CC(CO)O1. The summed E-state index contributed by atoms with van der Waals surface area (Å²) < 4.78 is 10.6. The van der Waals surface area contributed by atoms with Crippen LogP contribution in [0.25, 0.3) is 0 Å². The minimum absolute atomic E-state index is 0.0667. The molecule has 0 saturated carbocycles. The van der Waals surface area contributed by atoms with E-state index in [9.17, 15) is 0 Å². The topological polar surface area (TPSA) is 58.7 Å². The number of nitrogens with zero attached hydrogens (tertiary/aromatic N) is 2. The van der Waals surface area contributed by atoms with Crippen molar-refractivity contribution in [2.75, 3.05) is 19.7 Å². The van der Waals surface area contributed by atoms with Gasteiger partial charge in [0.05, 0.1) is 31.6 Å². The summed E-state index contributed by atoms with van der Waals surface area (Å²) in [5.74, 6) is 0.848. The van der Waals surface area contributed by atoms with Crippen molar-refractivity contribution in [3.8, 4) is 0 Å². The molecule has 2 atom stereocenters. The third-order valence-corrected chi connectivity index (χ3v) is 2.48. The number of rotatable bonds is 3. The summed E-state index contributed by atoms with van der Waals surface area (Å²) in [5, 5.41) is 12.7. The van der Waals surface area contributed by atoms with Crippen LogP contribution in [0.2, 0.25) is 0 Å². The molecule has 1 aromatic heterocycles. The zero-order valence-corrected chi connectivity index (χ0v) is 8.80. The molecule has 5 nitrogen and oxygen atoms in total. The normalized spacial score (nSPS) is 28.1. The van der Waals surface area contributed by atoms with Crippen LogP contribution in [0, 0.1) is 0 Å². The highest BCUT2D eigenvalue weighted by molar-refractivity contribution is 4.93. The molecule has 15 heavy (non-hydrogen) atoms. The molecule has 2 unspecified atom stereocenters. The quantitative estimate of drug-likeness (QED) is 0.778. The molecule has 5 heteroatoms. The lowest BCUT2D eigenvalue weighted by molar-refractivity contribution is -0.0985. The number of hydrogen-bond acceptors (Lipinski definition) is 5. The Kier molecular flexibility index (Phi) is 3.35. The second-order valence-electron chi connectivity index (χ2n) is 3.92. The van der Waals surface area contributed by atoms with Crippen LogP contribution < -0.4 is 0 Å². The fourth-order valence-corrected chi connectivity index (χ4v) is 1.91. The van der Waals surface area contributed by atoms with Crippen LogP contribution >= 0.6 is 0 Å². The Bertz CT molecular complexity index is 289. The van der Waals surface area contributed by atoms with Crippen LogP contribution in [0.15, 0.2) is 16.8 Å². The minimum Gasteiger partial charge on any atom is -0.394 e. The summed E-state index contributed by atoms with van der Waals surface area (Å²) in [6.45, 7) is 4.40. The van der Waals surface area contributed by atoms with Crippen molar-refractivity contribution < 1.29 is 14.4 Å². The van der Waals surface area contributed by atoms with Crippen LogP contribution in [0.1, 0.15) is 12.7 Å². The van der Waals surface area contributed by atoms with E-state index in [4.69, 9.17) is 14.4 Å². The molecule has 1 aliphatic rings. The number of aromatic nitrogens is 1. The number of hydrogen-bond donors (Lipinski definition) is 1. The summed E-state index contributed by atoms with van der Waals surface area (Å²) in [6, 6.07) is 1.86. The van der Waals surface area contributed by atoms with Gasteiger partial charge in [0.1, 0.15) is 0 Å². The van der Waals surface area contributed by atoms with Gasteiger partial charge in [-0.1, -0.05) is 5.16 Å². The molecule has 1 fully saturated rings. The van der Waals surface area contributed by atoms with Crippen LogP contribution in [0.4, 0.5) is 0 Å². The smallest absolute Gasteiger partial charge is 0.150 e. The van der Waals surface area contributed by atoms with E-state index < -0.39 is 0 Å². The Morgan fingerprint density at radius 1 is 1.60 bits per heavy atom. The van der Waals surface area contributed by atoms with Crippen LogP contribution in [-0.4, -0.2) is 47.1 Å². The highest BCUT2D eigenvalue weighted by Crippen LogP contribution is 2.13. The Morgan fingerprint density at radius 2 is 2.47 bits per heavy atom. The zero-order valence-electron chi connectivity index (χ0n) is 8.80. The second kappa shape index (κ2) is 4.74. The maximum Gasteiger partial charge on any atom is 0.150 e. The van der Waals surface area contributed by atoms with E-state index in [1.165, 1.54) is 0 Å². The van der Waals surface area contributed by atoms with Crippen LogP contribution in [0.3, 0.4) is 0 Å². The third kappa shape index (κ3) is 2.77. The molecule has 1 aliphatic heterocycles. The fraction of sp³-hybridized carbons (Fsp3) is 0.700. The first-order valence-electron chi connectivity index (χ1n) is 5.16. The van der Waals surface area contributed by atoms with Gasteiger partial charge in [0.2, 0.25) is 0 Å². The van der Waals surface area contributed by atoms with Gasteiger partial charge in [-0.3, -0.25) is 4.90 Å². The molecule has 0 spiro atoms. The van der Waals surface area contributed by atoms with Gasteiger partial charge in [0, 0.05) is 19.2 Å². The van der Waals surface area contributed by atoms with E-state index in [2.05, 4.69) is 10.1 Å². The molecule has 0 aromatic carbocycles.